The standard InChI is InChI=1S/C15H11BrO4/c1-15(2)11(16)6-10-13(19)12(18)8-4-3-7(17)5-9(8)14(10)20-15/h3-6,17H,1-2H3. The number of ether oxygens (including phenoxy) is 1. The molecule has 1 N–H and O–H groups in total. The van der Waals surface area contributed by atoms with Crippen molar-refractivity contribution in [2.24, 2.45) is 0 Å². The highest BCUT2D eigenvalue weighted by Crippen LogP contribution is 2.43. The Morgan fingerprint density at radius 2 is 1.85 bits per heavy atom. The van der Waals surface area contributed by atoms with Crippen molar-refractivity contribution in [3.63, 3.8) is 0 Å². The Bertz CT molecular complexity index is 725. The lowest BCUT2D eigenvalue weighted by Gasteiger charge is -2.34. The van der Waals surface area contributed by atoms with E-state index in [1.807, 2.05) is 13.8 Å². The maximum atomic E-state index is 12.1. The highest BCUT2D eigenvalue weighted by molar-refractivity contribution is 9.11. The first-order valence-electron chi connectivity index (χ1n) is 6.04. The second-order valence-corrected chi connectivity index (χ2v) is 6.09. The van der Waals surface area contributed by atoms with Crippen molar-refractivity contribution >= 4 is 33.3 Å². The number of ketones is 2. The number of phenols is 1. The first kappa shape index (κ1) is 13.1. The molecule has 4 nitrogen and oxygen atoms in total. The molecular weight excluding hydrogens is 324 g/mol. The van der Waals surface area contributed by atoms with Crippen molar-refractivity contribution in [2.45, 2.75) is 19.4 Å². The summed E-state index contributed by atoms with van der Waals surface area (Å²) in [5.41, 5.74) is 0.296. The number of Topliss-reactive ketones (excluding diaryl/α,β-unsaturated/α-hetero) is 2. The molecule has 0 saturated heterocycles. The van der Waals surface area contributed by atoms with Gasteiger partial charge in [-0.05, 0) is 38.1 Å². The third-order valence-corrected chi connectivity index (χ3v) is 4.58. The predicted molar refractivity (Wildman–Crippen MR) is 76.5 cm³/mol. The Morgan fingerprint density at radius 3 is 2.55 bits per heavy atom. The maximum Gasteiger partial charge on any atom is 0.237 e. The minimum atomic E-state index is -0.637. The molecule has 0 aromatic heterocycles. The third kappa shape index (κ3) is 1.73. The van der Waals surface area contributed by atoms with Crippen LogP contribution in [0, 0.1) is 0 Å². The summed E-state index contributed by atoms with van der Waals surface area (Å²) in [5, 5.41) is 9.61. The molecule has 2 aliphatic rings. The van der Waals surface area contributed by atoms with Crippen molar-refractivity contribution in [2.75, 3.05) is 0 Å². The van der Waals surface area contributed by atoms with Crippen LogP contribution in [0.3, 0.4) is 0 Å². The Labute approximate surface area is 123 Å². The molecule has 1 aromatic carbocycles. The van der Waals surface area contributed by atoms with Gasteiger partial charge >= 0.3 is 0 Å². The van der Waals surface area contributed by atoms with Crippen molar-refractivity contribution in [1.82, 2.24) is 0 Å². The van der Waals surface area contributed by atoms with Crippen LogP contribution in [0.5, 0.6) is 5.75 Å². The van der Waals surface area contributed by atoms with Crippen LogP contribution in [0.15, 0.2) is 34.3 Å². The fourth-order valence-corrected chi connectivity index (χ4v) is 2.57. The molecule has 1 heterocycles. The largest absolute Gasteiger partial charge is 0.508 e. The molecule has 0 saturated carbocycles. The summed E-state index contributed by atoms with van der Waals surface area (Å²) in [4.78, 5) is 24.2. The monoisotopic (exact) mass is 334 g/mol. The molecule has 0 radical (unpaired) electrons. The van der Waals surface area contributed by atoms with E-state index in [0.717, 1.165) is 0 Å². The fourth-order valence-electron chi connectivity index (χ4n) is 2.26. The summed E-state index contributed by atoms with van der Waals surface area (Å²) in [6.45, 7) is 3.70. The molecular formula is C15H11BrO4. The zero-order valence-electron chi connectivity index (χ0n) is 10.9. The van der Waals surface area contributed by atoms with Crippen molar-refractivity contribution in [3.05, 3.63) is 45.5 Å². The van der Waals surface area contributed by atoms with Gasteiger partial charge in [0, 0.05) is 15.6 Å². The molecule has 0 fully saturated rings. The number of rotatable bonds is 0. The minimum Gasteiger partial charge on any atom is -0.508 e. The van der Waals surface area contributed by atoms with Crippen molar-refractivity contribution < 1.29 is 19.4 Å². The van der Waals surface area contributed by atoms with Gasteiger partial charge in [-0.1, -0.05) is 15.9 Å². The maximum absolute atomic E-state index is 12.1. The number of hydrogen-bond acceptors (Lipinski definition) is 4. The number of halogens is 1. The zero-order chi connectivity index (χ0) is 14.7. The number of fused-ring (bicyclic) bond motifs is 2. The molecule has 1 aromatic rings. The van der Waals surface area contributed by atoms with Crippen molar-refractivity contribution in [3.8, 4) is 5.75 Å². The lowest BCUT2D eigenvalue weighted by Crippen LogP contribution is -2.33. The van der Waals surface area contributed by atoms with Crippen LogP contribution in [-0.2, 0) is 9.53 Å². The summed E-state index contributed by atoms with van der Waals surface area (Å²) in [6.07, 6.45) is 1.62. The fraction of sp³-hybridized carbons (Fsp3) is 0.200. The van der Waals surface area contributed by atoms with E-state index in [1.54, 1.807) is 6.08 Å². The second-order valence-electron chi connectivity index (χ2n) is 5.24. The van der Waals surface area contributed by atoms with Gasteiger partial charge in [0.25, 0.3) is 0 Å². The molecule has 102 valence electrons. The van der Waals surface area contributed by atoms with Crippen LogP contribution >= 0.6 is 15.9 Å². The van der Waals surface area contributed by atoms with E-state index < -0.39 is 17.2 Å². The van der Waals surface area contributed by atoms with Crippen LogP contribution in [0.2, 0.25) is 0 Å². The third-order valence-electron chi connectivity index (χ3n) is 3.39. The molecule has 20 heavy (non-hydrogen) atoms. The number of carbonyl (C=O) groups is 2. The predicted octanol–water partition coefficient (Wildman–Crippen LogP) is 2.96. The van der Waals surface area contributed by atoms with Gasteiger partial charge in [0.05, 0.1) is 5.57 Å². The van der Waals surface area contributed by atoms with Crippen LogP contribution in [-0.4, -0.2) is 22.3 Å². The Balaban J connectivity index is 2.31. The van der Waals surface area contributed by atoms with Crippen LogP contribution < -0.4 is 0 Å². The van der Waals surface area contributed by atoms with Gasteiger partial charge in [0.15, 0.2) is 0 Å². The van der Waals surface area contributed by atoms with Gasteiger partial charge in [-0.3, -0.25) is 9.59 Å². The number of aromatic hydroxyl groups is 1. The molecule has 0 atom stereocenters. The van der Waals surface area contributed by atoms with Gasteiger partial charge in [-0.15, -0.1) is 0 Å². The topological polar surface area (TPSA) is 63.6 Å². The first-order valence-corrected chi connectivity index (χ1v) is 6.84. The van der Waals surface area contributed by atoms with E-state index in [0.29, 0.717) is 15.8 Å². The van der Waals surface area contributed by atoms with Crippen LogP contribution in [0.25, 0.3) is 5.76 Å². The van der Waals surface area contributed by atoms with E-state index in [-0.39, 0.29) is 16.9 Å². The average Bonchev–Trinajstić information content (AvgIpc) is 2.38. The van der Waals surface area contributed by atoms with Gasteiger partial charge in [0.2, 0.25) is 11.6 Å². The summed E-state index contributed by atoms with van der Waals surface area (Å²) in [7, 11) is 0. The van der Waals surface area contributed by atoms with Gasteiger partial charge in [-0.2, -0.15) is 0 Å². The van der Waals surface area contributed by atoms with E-state index >= 15 is 0 Å². The Hall–Kier alpha value is -1.88. The number of hydrogen-bond donors (Lipinski definition) is 1. The van der Waals surface area contributed by atoms with Crippen LogP contribution in [0.4, 0.5) is 0 Å². The molecule has 0 unspecified atom stereocenters. The number of benzene rings is 1. The summed E-state index contributed by atoms with van der Waals surface area (Å²) in [6, 6.07) is 4.27. The molecule has 5 heteroatoms. The Kier molecular flexibility index (Phi) is 2.66. The van der Waals surface area contributed by atoms with Crippen molar-refractivity contribution in [1.29, 1.82) is 0 Å². The number of carbonyl (C=O) groups excluding carboxylic acids is 2. The number of phenolic OH excluding ortho intramolecular Hbond substituents is 1. The van der Waals surface area contributed by atoms with Crippen LogP contribution in [0.1, 0.15) is 29.8 Å². The molecule has 1 aliphatic heterocycles. The molecule has 0 bridgehead atoms. The summed E-state index contributed by atoms with van der Waals surface area (Å²) in [5.74, 6) is -0.814. The van der Waals surface area contributed by atoms with Gasteiger partial charge in [0.1, 0.15) is 17.1 Å². The molecule has 0 spiro atoms. The van der Waals surface area contributed by atoms with Gasteiger partial charge in [-0.25, -0.2) is 0 Å². The molecule has 0 amide bonds. The van der Waals surface area contributed by atoms with E-state index in [9.17, 15) is 14.7 Å². The lowest BCUT2D eigenvalue weighted by molar-refractivity contribution is -0.111. The second kappa shape index (κ2) is 4.06. The van der Waals surface area contributed by atoms with E-state index in [1.165, 1.54) is 18.2 Å². The van der Waals surface area contributed by atoms with E-state index in [2.05, 4.69) is 15.9 Å². The highest BCUT2D eigenvalue weighted by Gasteiger charge is 2.40. The SMILES string of the molecule is CC1(C)OC2=C(C=C1Br)C(=O)C(=O)c1ccc(O)cc12. The zero-order valence-corrected chi connectivity index (χ0v) is 12.4. The Morgan fingerprint density at radius 1 is 1.15 bits per heavy atom. The summed E-state index contributed by atoms with van der Waals surface area (Å²) >= 11 is 3.36. The first-order chi connectivity index (χ1) is 9.31. The summed E-state index contributed by atoms with van der Waals surface area (Å²) < 4.78 is 6.56. The normalized spacial score (nSPS) is 20.1. The average molecular weight is 335 g/mol. The molecule has 3 rings (SSSR count). The number of allylic oxidation sites excluding steroid dienone is 2. The quantitative estimate of drug-likeness (QED) is 0.741. The smallest absolute Gasteiger partial charge is 0.237 e. The highest BCUT2D eigenvalue weighted by atomic mass is 79.9. The lowest BCUT2D eigenvalue weighted by atomic mass is 9.85. The minimum absolute atomic E-state index is 0.0211. The van der Waals surface area contributed by atoms with E-state index in [4.69, 9.17) is 4.74 Å². The van der Waals surface area contributed by atoms with Gasteiger partial charge < -0.3 is 9.84 Å². The molecule has 1 aliphatic carbocycles.